The van der Waals surface area contributed by atoms with Crippen LogP contribution in [0.1, 0.15) is 5.56 Å². The summed E-state index contributed by atoms with van der Waals surface area (Å²) in [7, 11) is 1.54. The van der Waals surface area contributed by atoms with Crippen molar-refractivity contribution in [1.82, 2.24) is 0 Å². The molecule has 2 amide bonds. The molecule has 0 aromatic heterocycles. The molecular weight excluding hydrogens is 386 g/mol. The summed E-state index contributed by atoms with van der Waals surface area (Å²) in [6.07, 6.45) is 3.29. The highest BCUT2D eigenvalue weighted by molar-refractivity contribution is 8.19. The predicted molar refractivity (Wildman–Crippen MR) is 109 cm³/mol. The van der Waals surface area contributed by atoms with Crippen molar-refractivity contribution >= 4 is 46.3 Å². The molecule has 1 heterocycles. The maximum Gasteiger partial charge on any atom is 0.298 e. The van der Waals surface area contributed by atoms with Crippen molar-refractivity contribution in [2.75, 3.05) is 18.6 Å². The van der Waals surface area contributed by atoms with Crippen LogP contribution in [-0.4, -0.2) is 24.9 Å². The summed E-state index contributed by atoms with van der Waals surface area (Å²) in [6, 6.07) is 11.8. The fourth-order valence-electron chi connectivity index (χ4n) is 2.47. The Hall–Kier alpha value is -2.70. The summed E-state index contributed by atoms with van der Waals surface area (Å²) in [5.41, 5.74) is 1.20. The Morgan fingerprint density at radius 3 is 2.56 bits per heavy atom. The third-order valence-electron chi connectivity index (χ3n) is 3.72. The molecule has 0 atom stereocenters. The Bertz CT molecular complexity index is 924. The number of halogens is 1. The zero-order valence-electron chi connectivity index (χ0n) is 14.5. The number of rotatable bonds is 6. The quantitative estimate of drug-likeness (QED) is 0.494. The predicted octanol–water partition coefficient (Wildman–Crippen LogP) is 5.15. The summed E-state index contributed by atoms with van der Waals surface area (Å²) < 4.78 is 10.8. The lowest BCUT2D eigenvalue weighted by Crippen LogP contribution is -2.27. The van der Waals surface area contributed by atoms with Gasteiger partial charge in [0.2, 0.25) is 0 Å². The molecule has 2 aromatic carbocycles. The van der Waals surface area contributed by atoms with Crippen LogP contribution < -0.4 is 14.4 Å². The van der Waals surface area contributed by atoms with E-state index in [2.05, 4.69) is 6.58 Å². The number of amides is 2. The molecule has 5 nitrogen and oxygen atoms in total. The summed E-state index contributed by atoms with van der Waals surface area (Å²) >= 11 is 6.76. The highest BCUT2D eigenvalue weighted by Gasteiger charge is 2.36. The van der Waals surface area contributed by atoms with E-state index in [1.165, 1.54) is 7.11 Å². The Labute approximate surface area is 166 Å². The van der Waals surface area contributed by atoms with Gasteiger partial charge >= 0.3 is 0 Å². The Morgan fingerprint density at radius 2 is 1.89 bits per heavy atom. The number of imide groups is 1. The van der Waals surface area contributed by atoms with Crippen LogP contribution in [-0.2, 0) is 4.79 Å². The van der Waals surface area contributed by atoms with Gasteiger partial charge in [-0.15, -0.1) is 0 Å². The van der Waals surface area contributed by atoms with Gasteiger partial charge in [0, 0.05) is 5.02 Å². The van der Waals surface area contributed by atoms with Crippen LogP contribution >= 0.6 is 23.4 Å². The van der Waals surface area contributed by atoms with Gasteiger partial charge in [-0.1, -0.05) is 30.3 Å². The number of hydrogen-bond donors (Lipinski definition) is 0. The smallest absolute Gasteiger partial charge is 0.298 e. The van der Waals surface area contributed by atoms with E-state index in [1.54, 1.807) is 54.6 Å². The molecule has 0 aliphatic carbocycles. The molecule has 7 heteroatoms. The summed E-state index contributed by atoms with van der Waals surface area (Å²) in [5.74, 6) is 0.727. The average Bonchev–Trinajstić information content (AvgIpc) is 2.94. The number of hydrogen-bond acceptors (Lipinski definition) is 5. The first-order valence-corrected chi connectivity index (χ1v) is 9.18. The Balaban J connectivity index is 1.87. The van der Waals surface area contributed by atoms with E-state index in [0.717, 1.165) is 22.2 Å². The first-order valence-electron chi connectivity index (χ1n) is 7.98. The summed E-state index contributed by atoms with van der Waals surface area (Å²) in [5, 5.41) is 0.179. The van der Waals surface area contributed by atoms with E-state index in [-0.39, 0.29) is 11.1 Å². The van der Waals surface area contributed by atoms with Crippen LogP contribution in [0.15, 0.2) is 60.0 Å². The standard InChI is InChI=1S/C20H16ClNO4S/c1-3-10-26-16-9-4-13(11-17(16)25-2)12-18-19(23)22(20(24)27-18)15-7-5-14(21)6-8-15/h3-9,11-12H,1,10H2,2H3/b18-12-. The zero-order chi connectivity index (χ0) is 19.4. The number of methoxy groups -OCH3 is 1. The van der Waals surface area contributed by atoms with Crippen LogP contribution in [0.2, 0.25) is 5.02 Å². The van der Waals surface area contributed by atoms with Gasteiger partial charge in [0.05, 0.1) is 17.7 Å². The fraction of sp³-hybridized carbons (Fsp3) is 0.100. The van der Waals surface area contributed by atoms with E-state index in [0.29, 0.717) is 33.7 Å². The first-order chi connectivity index (χ1) is 13.0. The number of anilines is 1. The lowest BCUT2D eigenvalue weighted by atomic mass is 10.2. The molecule has 27 heavy (non-hydrogen) atoms. The largest absolute Gasteiger partial charge is 0.493 e. The molecule has 2 aromatic rings. The van der Waals surface area contributed by atoms with Crippen LogP contribution in [0.3, 0.4) is 0 Å². The molecule has 0 spiro atoms. The van der Waals surface area contributed by atoms with Gasteiger partial charge in [0.1, 0.15) is 6.61 Å². The van der Waals surface area contributed by atoms with E-state index in [4.69, 9.17) is 21.1 Å². The van der Waals surface area contributed by atoms with Crippen molar-refractivity contribution < 1.29 is 19.1 Å². The van der Waals surface area contributed by atoms with Crippen molar-refractivity contribution in [1.29, 1.82) is 0 Å². The van der Waals surface area contributed by atoms with Crippen LogP contribution in [0.5, 0.6) is 11.5 Å². The second-order valence-electron chi connectivity index (χ2n) is 5.50. The van der Waals surface area contributed by atoms with Crippen LogP contribution in [0, 0.1) is 0 Å². The van der Waals surface area contributed by atoms with Crippen molar-refractivity contribution in [3.8, 4) is 11.5 Å². The highest BCUT2D eigenvalue weighted by atomic mass is 35.5. The van der Waals surface area contributed by atoms with Gasteiger partial charge in [-0.05, 0) is 59.8 Å². The number of carbonyl (C=O) groups is 2. The van der Waals surface area contributed by atoms with Crippen molar-refractivity contribution in [2.45, 2.75) is 0 Å². The molecule has 1 aliphatic rings. The maximum absolute atomic E-state index is 12.7. The average molecular weight is 402 g/mol. The molecule has 0 bridgehead atoms. The zero-order valence-corrected chi connectivity index (χ0v) is 16.0. The normalized spacial score (nSPS) is 15.3. The number of carbonyl (C=O) groups excluding carboxylic acids is 2. The van der Waals surface area contributed by atoms with Crippen molar-refractivity contribution in [2.24, 2.45) is 0 Å². The van der Waals surface area contributed by atoms with Crippen LogP contribution in [0.4, 0.5) is 10.5 Å². The molecule has 138 valence electrons. The van der Waals surface area contributed by atoms with Crippen LogP contribution in [0.25, 0.3) is 6.08 Å². The Kier molecular flexibility index (Phi) is 5.88. The van der Waals surface area contributed by atoms with Gasteiger partial charge in [0.25, 0.3) is 11.1 Å². The van der Waals surface area contributed by atoms with Crippen molar-refractivity contribution in [3.05, 3.63) is 70.6 Å². The monoisotopic (exact) mass is 401 g/mol. The minimum absolute atomic E-state index is 0.330. The van der Waals surface area contributed by atoms with E-state index < -0.39 is 0 Å². The topological polar surface area (TPSA) is 55.8 Å². The first kappa shape index (κ1) is 19.1. The third kappa shape index (κ3) is 4.18. The van der Waals surface area contributed by atoms with Gasteiger partial charge in [-0.2, -0.15) is 0 Å². The second kappa shape index (κ2) is 8.33. The van der Waals surface area contributed by atoms with Gasteiger partial charge < -0.3 is 9.47 Å². The minimum atomic E-state index is -0.377. The maximum atomic E-state index is 12.7. The van der Waals surface area contributed by atoms with E-state index in [9.17, 15) is 9.59 Å². The SMILES string of the molecule is C=CCOc1ccc(/C=C2\SC(=O)N(c3ccc(Cl)cc3)C2=O)cc1OC. The second-order valence-corrected chi connectivity index (χ2v) is 6.93. The van der Waals surface area contributed by atoms with Gasteiger partial charge in [-0.3, -0.25) is 9.59 Å². The molecular formula is C20H16ClNO4S. The third-order valence-corrected chi connectivity index (χ3v) is 4.84. The highest BCUT2D eigenvalue weighted by Crippen LogP contribution is 2.37. The molecule has 0 unspecified atom stereocenters. The van der Waals surface area contributed by atoms with E-state index in [1.807, 2.05) is 0 Å². The minimum Gasteiger partial charge on any atom is -0.493 e. The molecule has 1 fully saturated rings. The number of nitrogens with zero attached hydrogens (tertiary/aromatic N) is 1. The van der Waals surface area contributed by atoms with E-state index >= 15 is 0 Å². The molecule has 0 N–H and O–H groups in total. The number of thioether (sulfide) groups is 1. The lowest BCUT2D eigenvalue weighted by molar-refractivity contribution is -0.113. The summed E-state index contributed by atoms with van der Waals surface area (Å²) in [4.78, 5) is 26.5. The van der Waals surface area contributed by atoms with Gasteiger partial charge in [-0.25, -0.2) is 4.90 Å². The Morgan fingerprint density at radius 1 is 1.15 bits per heavy atom. The fourth-order valence-corrected chi connectivity index (χ4v) is 3.44. The summed E-state index contributed by atoms with van der Waals surface area (Å²) in [6.45, 7) is 3.97. The number of ether oxygens (including phenoxy) is 2. The molecule has 1 aliphatic heterocycles. The molecule has 0 radical (unpaired) electrons. The lowest BCUT2D eigenvalue weighted by Gasteiger charge is -2.12. The van der Waals surface area contributed by atoms with Crippen molar-refractivity contribution in [3.63, 3.8) is 0 Å². The van der Waals surface area contributed by atoms with Gasteiger partial charge in [0.15, 0.2) is 11.5 Å². The molecule has 3 rings (SSSR count). The molecule has 0 saturated carbocycles. The number of benzene rings is 2. The molecule has 1 saturated heterocycles.